The topological polar surface area (TPSA) is 35.5 Å². The van der Waals surface area contributed by atoms with E-state index in [0.717, 1.165) is 25.3 Å². The number of piperidine rings is 1. The fraction of sp³-hybridized carbons (Fsp3) is 1.00. The van der Waals surface area contributed by atoms with Crippen molar-refractivity contribution in [2.24, 2.45) is 11.8 Å². The van der Waals surface area contributed by atoms with Crippen LogP contribution in [0, 0.1) is 11.8 Å². The van der Waals surface area contributed by atoms with Crippen molar-refractivity contribution < 1.29 is 5.11 Å². The number of nitrogens with zero attached hydrogens (tertiary/aromatic N) is 1. The van der Waals surface area contributed by atoms with Crippen LogP contribution in [0.2, 0.25) is 0 Å². The Balaban J connectivity index is 1.81. The Morgan fingerprint density at radius 1 is 1.25 bits per heavy atom. The van der Waals surface area contributed by atoms with E-state index < -0.39 is 0 Å². The molecule has 2 atom stereocenters. The summed E-state index contributed by atoms with van der Waals surface area (Å²) < 4.78 is 0. The molecule has 2 N–H and O–H groups in total. The summed E-state index contributed by atoms with van der Waals surface area (Å²) >= 11 is 0. The summed E-state index contributed by atoms with van der Waals surface area (Å²) in [6.45, 7) is 9.72. The van der Waals surface area contributed by atoms with Crippen molar-refractivity contribution in [1.82, 2.24) is 10.2 Å². The van der Waals surface area contributed by atoms with Crippen LogP contribution < -0.4 is 5.32 Å². The lowest BCUT2D eigenvalue weighted by molar-refractivity contribution is 0.105. The fourth-order valence-corrected chi connectivity index (χ4v) is 4.06. The first-order valence-corrected chi connectivity index (χ1v) is 8.78. The maximum atomic E-state index is 9.91. The normalized spacial score (nSPS) is 32.9. The maximum absolute atomic E-state index is 9.91. The number of rotatable bonds is 7. The highest BCUT2D eigenvalue weighted by atomic mass is 16.3. The number of nitrogens with one attached hydrogen (secondary N) is 1. The molecule has 20 heavy (non-hydrogen) atoms. The van der Waals surface area contributed by atoms with Crippen LogP contribution in [-0.2, 0) is 0 Å². The summed E-state index contributed by atoms with van der Waals surface area (Å²) in [7, 11) is 0. The molecule has 2 rings (SSSR count). The van der Waals surface area contributed by atoms with Crippen LogP contribution in [0.25, 0.3) is 0 Å². The molecule has 0 radical (unpaired) electrons. The number of likely N-dealkylation sites (tertiary alicyclic amines) is 1. The third-order valence-electron chi connectivity index (χ3n) is 5.64. The molecule has 2 aliphatic rings. The van der Waals surface area contributed by atoms with Gasteiger partial charge in [-0.05, 0) is 76.5 Å². The van der Waals surface area contributed by atoms with Gasteiger partial charge in [-0.25, -0.2) is 0 Å². The monoisotopic (exact) mass is 282 g/mol. The highest BCUT2D eigenvalue weighted by Gasteiger charge is 2.41. The first-order valence-electron chi connectivity index (χ1n) is 8.78. The molecule has 0 aromatic heterocycles. The smallest absolute Gasteiger partial charge is 0.0616 e. The second-order valence-electron chi connectivity index (χ2n) is 7.14. The SMILES string of the molecule is CCCNC1(CO)CCCC1CCN1CCC(C)CC1. The van der Waals surface area contributed by atoms with Crippen LogP contribution in [0.15, 0.2) is 0 Å². The number of aliphatic hydroxyl groups excluding tert-OH is 1. The highest BCUT2D eigenvalue weighted by Crippen LogP contribution is 2.38. The molecule has 1 saturated heterocycles. The minimum absolute atomic E-state index is 0.0269. The highest BCUT2D eigenvalue weighted by molar-refractivity contribution is 4.99. The molecule has 118 valence electrons. The Hall–Kier alpha value is -0.120. The Morgan fingerprint density at radius 3 is 2.65 bits per heavy atom. The van der Waals surface area contributed by atoms with E-state index in [1.54, 1.807) is 0 Å². The molecule has 1 aliphatic carbocycles. The average Bonchev–Trinajstić information content (AvgIpc) is 2.88. The van der Waals surface area contributed by atoms with E-state index in [9.17, 15) is 5.11 Å². The second-order valence-corrected chi connectivity index (χ2v) is 7.14. The van der Waals surface area contributed by atoms with Gasteiger partial charge in [0.05, 0.1) is 6.61 Å². The van der Waals surface area contributed by atoms with E-state index in [-0.39, 0.29) is 5.54 Å². The summed E-state index contributed by atoms with van der Waals surface area (Å²) in [4.78, 5) is 2.64. The molecule has 1 aliphatic heterocycles. The quantitative estimate of drug-likeness (QED) is 0.753. The zero-order chi connectivity index (χ0) is 14.4. The van der Waals surface area contributed by atoms with Crippen molar-refractivity contribution in [1.29, 1.82) is 0 Å². The predicted octanol–water partition coefficient (Wildman–Crippen LogP) is 2.64. The molecular formula is C17H34N2O. The molecule has 1 saturated carbocycles. The first kappa shape index (κ1) is 16.3. The number of aliphatic hydroxyl groups is 1. The molecule has 0 aromatic rings. The molecule has 3 heteroatoms. The van der Waals surface area contributed by atoms with Crippen molar-refractivity contribution in [3.63, 3.8) is 0 Å². The van der Waals surface area contributed by atoms with Gasteiger partial charge in [-0.1, -0.05) is 20.3 Å². The van der Waals surface area contributed by atoms with Crippen LogP contribution in [0.4, 0.5) is 0 Å². The summed E-state index contributed by atoms with van der Waals surface area (Å²) in [5, 5.41) is 13.6. The molecule has 0 bridgehead atoms. The average molecular weight is 282 g/mol. The van der Waals surface area contributed by atoms with Crippen LogP contribution in [0.3, 0.4) is 0 Å². The number of hydrogen-bond acceptors (Lipinski definition) is 3. The minimum Gasteiger partial charge on any atom is -0.394 e. The standard InChI is InChI=1S/C17H34N2O/c1-3-10-18-17(14-20)9-4-5-16(17)8-13-19-11-6-15(2)7-12-19/h15-16,18,20H,3-14H2,1-2H3. The van der Waals surface area contributed by atoms with Crippen molar-refractivity contribution in [3.8, 4) is 0 Å². The van der Waals surface area contributed by atoms with Crippen LogP contribution >= 0.6 is 0 Å². The van der Waals surface area contributed by atoms with Crippen LogP contribution in [0.5, 0.6) is 0 Å². The van der Waals surface area contributed by atoms with Gasteiger partial charge in [0.25, 0.3) is 0 Å². The van der Waals surface area contributed by atoms with Crippen molar-refractivity contribution in [2.45, 2.75) is 64.3 Å². The molecule has 0 amide bonds. The Kier molecular flexibility index (Phi) is 6.31. The van der Waals surface area contributed by atoms with E-state index in [2.05, 4.69) is 24.1 Å². The van der Waals surface area contributed by atoms with Crippen molar-refractivity contribution in [2.75, 3.05) is 32.8 Å². The zero-order valence-electron chi connectivity index (χ0n) is 13.5. The summed E-state index contributed by atoms with van der Waals surface area (Å²) in [5.74, 6) is 1.58. The number of hydrogen-bond donors (Lipinski definition) is 2. The molecule has 1 heterocycles. The third kappa shape index (κ3) is 3.96. The fourth-order valence-electron chi connectivity index (χ4n) is 4.06. The van der Waals surface area contributed by atoms with Gasteiger partial charge >= 0.3 is 0 Å². The summed E-state index contributed by atoms with van der Waals surface area (Å²) in [5.41, 5.74) is 0.0269. The van der Waals surface area contributed by atoms with Gasteiger partial charge in [-0.2, -0.15) is 0 Å². The lowest BCUT2D eigenvalue weighted by atomic mass is 9.84. The zero-order valence-corrected chi connectivity index (χ0v) is 13.5. The van der Waals surface area contributed by atoms with Gasteiger partial charge in [0.2, 0.25) is 0 Å². The van der Waals surface area contributed by atoms with Crippen LogP contribution in [0.1, 0.15) is 58.8 Å². The van der Waals surface area contributed by atoms with E-state index >= 15 is 0 Å². The molecule has 2 fully saturated rings. The van der Waals surface area contributed by atoms with Gasteiger partial charge in [-0.3, -0.25) is 0 Å². The summed E-state index contributed by atoms with van der Waals surface area (Å²) in [6, 6.07) is 0. The third-order valence-corrected chi connectivity index (χ3v) is 5.64. The predicted molar refractivity (Wildman–Crippen MR) is 84.9 cm³/mol. The van der Waals surface area contributed by atoms with E-state index in [1.807, 2.05) is 0 Å². The molecule has 3 nitrogen and oxygen atoms in total. The van der Waals surface area contributed by atoms with E-state index in [1.165, 1.54) is 51.7 Å². The van der Waals surface area contributed by atoms with Gasteiger partial charge in [0.1, 0.15) is 0 Å². The Bertz CT molecular complexity index is 276. The molecule has 0 spiro atoms. The molecular weight excluding hydrogens is 248 g/mol. The second kappa shape index (κ2) is 7.77. The first-order chi connectivity index (χ1) is 9.70. The van der Waals surface area contributed by atoms with Gasteiger partial charge in [-0.15, -0.1) is 0 Å². The van der Waals surface area contributed by atoms with E-state index in [0.29, 0.717) is 12.5 Å². The Morgan fingerprint density at radius 2 is 2.00 bits per heavy atom. The van der Waals surface area contributed by atoms with Gasteiger partial charge in [0, 0.05) is 5.54 Å². The lowest BCUT2D eigenvalue weighted by Crippen LogP contribution is -2.52. The van der Waals surface area contributed by atoms with E-state index in [4.69, 9.17) is 0 Å². The van der Waals surface area contributed by atoms with Gasteiger partial charge in [0.15, 0.2) is 0 Å². The molecule has 2 unspecified atom stereocenters. The summed E-state index contributed by atoms with van der Waals surface area (Å²) in [6.07, 6.45) is 8.86. The molecule has 0 aromatic carbocycles. The Labute approximate surface area is 125 Å². The maximum Gasteiger partial charge on any atom is 0.0616 e. The largest absolute Gasteiger partial charge is 0.394 e. The minimum atomic E-state index is 0.0269. The lowest BCUT2D eigenvalue weighted by Gasteiger charge is -2.37. The van der Waals surface area contributed by atoms with Crippen molar-refractivity contribution >= 4 is 0 Å². The van der Waals surface area contributed by atoms with Gasteiger partial charge < -0.3 is 15.3 Å². The van der Waals surface area contributed by atoms with Crippen LogP contribution in [-0.4, -0.2) is 48.3 Å². The van der Waals surface area contributed by atoms with Crippen molar-refractivity contribution in [3.05, 3.63) is 0 Å².